The van der Waals surface area contributed by atoms with E-state index in [1.807, 2.05) is 55.5 Å². The van der Waals surface area contributed by atoms with E-state index in [9.17, 15) is 4.79 Å². The second-order valence-electron chi connectivity index (χ2n) is 6.24. The molecular weight excluding hydrogens is 304 g/mol. The standard InChI is InChI=1S/C20H18O4/c1-20(22-2)12-15(13-8-4-3-5-9-13)17-18(24-20)14-10-6-7-11-16(14)23-19(17)21/h3-11,15H,12H2,1-2H3/t15-,20+/m1/s1. The molecule has 0 saturated heterocycles. The van der Waals surface area contributed by atoms with E-state index in [4.69, 9.17) is 13.9 Å². The quantitative estimate of drug-likeness (QED) is 0.667. The number of hydrogen-bond acceptors (Lipinski definition) is 4. The Balaban J connectivity index is 2.03. The van der Waals surface area contributed by atoms with Crippen molar-refractivity contribution in [3.05, 3.63) is 76.1 Å². The van der Waals surface area contributed by atoms with Crippen molar-refractivity contribution < 1.29 is 13.9 Å². The van der Waals surface area contributed by atoms with Gasteiger partial charge in [-0.2, -0.15) is 0 Å². The summed E-state index contributed by atoms with van der Waals surface area (Å²) in [5.41, 5.74) is 1.78. The highest BCUT2D eigenvalue weighted by molar-refractivity contribution is 5.85. The first kappa shape index (κ1) is 15.0. The molecule has 2 atom stereocenters. The molecule has 1 aliphatic rings. The Morgan fingerprint density at radius 3 is 2.54 bits per heavy atom. The molecule has 4 nitrogen and oxygen atoms in total. The molecule has 0 amide bonds. The summed E-state index contributed by atoms with van der Waals surface area (Å²) in [4.78, 5) is 12.7. The maximum absolute atomic E-state index is 12.7. The minimum atomic E-state index is -0.802. The lowest BCUT2D eigenvalue weighted by Gasteiger charge is -2.38. The fraction of sp³-hybridized carbons (Fsp3) is 0.250. The minimum absolute atomic E-state index is 0.138. The molecular formula is C20H18O4. The molecule has 0 unspecified atom stereocenters. The van der Waals surface area contributed by atoms with E-state index in [0.29, 0.717) is 23.3 Å². The number of benzene rings is 2. The van der Waals surface area contributed by atoms with Crippen molar-refractivity contribution in [2.45, 2.75) is 25.0 Å². The predicted octanol–water partition coefficient (Wildman–Crippen LogP) is 4.07. The molecule has 0 bridgehead atoms. The zero-order valence-corrected chi connectivity index (χ0v) is 13.6. The van der Waals surface area contributed by atoms with Crippen LogP contribution in [0.15, 0.2) is 63.8 Å². The molecule has 0 radical (unpaired) electrons. The summed E-state index contributed by atoms with van der Waals surface area (Å²) in [6.45, 7) is 1.90. The van der Waals surface area contributed by atoms with E-state index < -0.39 is 5.79 Å². The first-order valence-electron chi connectivity index (χ1n) is 7.96. The van der Waals surface area contributed by atoms with Crippen LogP contribution in [0.1, 0.15) is 30.4 Å². The monoisotopic (exact) mass is 322 g/mol. The van der Waals surface area contributed by atoms with E-state index in [1.165, 1.54) is 0 Å². The molecule has 0 fully saturated rings. The van der Waals surface area contributed by atoms with Crippen LogP contribution in [0, 0.1) is 0 Å². The van der Waals surface area contributed by atoms with Crippen LogP contribution in [0.3, 0.4) is 0 Å². The smallest absolute Gasteiger partial charge is 0.343 e. The highest BCUT2D eigenvalue weighted by Crippen LogP contribution is 2.45. The fourth-order valence-electron chi connectivity index (χ4n) is 3.37. The Morgan fingerprint density at radius 2 is 1.79 bits per heavy atom. The van der Waals surface area contributed by atoms with Gasteiger partial charge in [0.2, 0.25) is 5.79 Å². The van der Waals surface area contributed by atoms with Crippen LogP contribution in [0.25, 0.3) is 11.0 Å². The lowest BCUT2D eigenvalue weighted by molar-refractivity contribution is -0.163. The van der Waals surface area contributed by atoms with E-state index in [1.54, 1.807) is 13.2 Å². The summed E-state index contributed by atoms with van der Waals surface area (Å²) in [7, 11) is 1.63. The molecule has 24 heavy (non-hydrogen) atoms. The molecule has 4 heteroatoms. The summed E-state index contributed by atoms with van der Waals surface area (Å²) in [5.74, 6) is -0.378. The molecule has 2 aromatic carbocycles. The average molecular weight is 322 g/mol. The van der Waals surface area contributed by atoms with Gasteiger partial charge in [-0.1, -0.05) is 42.5 Å². The van der Waals surface area contributed by atoms with Crippen LogP contribution >= 0.6 is 0 Å². The molecule has 1 aliphatic heterocycles. The van der Waals surface area contributed by atoms with Gasteiger partial charge in [-0.3, -0.25) is 0 Å². The van der Waals surface area contributed by atoms with Crippen molar-refractivity contribution in [2.24, 2.45) is 0 Å². The Bertz CT molecular complexity index is 945. The van der Waals surface area contributed by atoms with E-state index in [0.717, 1.165) is 10.9 Å². The Hall–Kier alpha value is -2.59. The SMILES string of the molecule is CO[C@]1(C)C[C@H](c2ccccc2)c2c(c3ccccc3oc2=O)O1. The number of fused-ring (bicyclic) bond motifs is 3. The third kappa shape index (κ3) is 2.31. The van der Waals surface area contributed by atoms with Crippen molar-refractivity contribution in [3.63, 3.8) is 0 Å². The Morgan fingerprint density at radius 1 is 1.08 bits per heavy atom. The molecule has 0 saturated carbocycles. The lowest BCUT2D eigenvalue weighted by Crippen LogP contribution is -2.41. The topological polar surface area (TPSA) is 48.7 Å². The van der Waals surface area contributed by atoms with Gasteiger partial charge in [-0.25, -0.2) is 4.79 Å². The van der Waals surface area contributed by atoms with Crippen molar-refractivity contribution in [1.29, 1.82) is 0 Å². The van der Waals surface area contributed by atoms with E-state index in [2.05, 4.69) is 0 Å². The molecule has 3 aromatic rings. The number of rotatable bonds is 2. The zero-order chi connectivity index (χ0) is 16.7. The van der Waals surface area contributed by atoms with Crippen molar-refractivity contribution in [3.8, 4) is 5.75 Å². The molecule has 1 aromatic heterocycles. The van der Waals surface area contributed by atoms with Gasteiger partial charge in [-0.05, 0) is 17.7 Å². The third-order valence-corrected chi connectivity index (χ3v) is 4.67. The zero-order valence-electron chi connectivity index (χ0n) is 13.6. The maximum Gasteiger partial charge on any atom is 0.343 e. The van der Waals surface area contributed by atoms with Crippen LogP contribution in [-0.4, -0.2) is 12.9 Å². The van der Waals surface area contributed by atoms with Gasteiger partial charge in [0.15, 0.2) is 0 Å². The van der Waals surface area contributed by atoms with Gasteiger partial charge in [0, 0.05) is 26.4 Å². The second kappa shape index (κ2) is 5.49. The van der Waals surface area contributed by atoms with Gasteiger partial charge < -0.3 is 13.9 Å². The molecule has 0 spiro atoms. The van der Waals surface area contributed by atoms with E-state index >= 15 is 0 Å². The van der Waals surface area contributed by atoms with Crippen molar-refractivity contribution in [2.75, 3.05) is 7.11 Å². The van der Waals surface area contributed by atoms with E-state index in [-0.39, 0.29) is 11.5 Å². The first-order chi connectivity index (χ1) is 11.6. The number of para-hydroxylation sites is 1. The molecule has 4 rings (SSSR count). The van der Waals surface area contributed by atoms with Crippen molar-refractivity contribution >= 4 is 11.0 Å². The second-order valence-corrected chi connectivity index (χ2v) is 6.24. The Kier molecular flexibility index (Phi) is 3.43. The summed E-state index contributed by atoms with van der Waals surface area (Å²) < 4.78 is 17.3. The minimum Gasteiger partial charge on any atom is -0.461 e. The molecule has 122 valence electrons. The molecule has 0 aliphatic carbocycles. The fourth-order valence-corrected chi connectivity index (χ4v) is 3.37. The van der Waals surface area contributed by atoms with Crippen LogP contribution in [0.5, 0.6) is 5.75 Å². The van der Waals surface area contributed by atoms with Gasteiger partial charge in [0.05, 0.1) is 10.9 Å². The van der Waals surface area contributed by atoms with Crippen molar-refractivity contribution in [1.82, 2.24) is 0 Å². The van der Waals surface area contributed by atoms with Gasteiger partial charge in [-0.15, -0.1) is 0 Å². The van der Waals surface area contributed by atoms with Crippen LogP contribution in [-0.2, 0) is 4.74 Å². The number of ether oxygens (including phenoxy) is 2. The molecule has 0 N–H and O–H groups in total. The number of methoxy groups -OCH3 is 1. The lowest BCUT2D eigenvalue weighted by atomic mass is 9.83. The third-order valence-electron chi connectivity index (χ3n) is 4.67. The largest absolute Gasteiger partial charge is 0.461 e. The normalized spacial score (nSPS) is 22.8. The Labute approximate surface area is 139 Å². The van der Waals surface area contributed by atoms with Gasteiger partial charge in [0.25, 0.3) is 0 Å². The highest BCUT2D eigenvalue weighted by atomic mass is 16.7. The van der Waals surface area contributed by atoms with Gasteiger partial charge in [0.1, 0.15) is 11.3 Å². The summed E-state index contributed by atoms with van der Waals surface area (Å²) in [6.07, 6.45) is 0.545. The van der Waals surface area contributed by atoms with Crippen LogP contribution in [0.2, 0.25) is 0 Å². The molecule has 2 heterocycles. The predicted molar refractivity (Wildman–Crippen MR) is 91.4 cm³/mol. The van der Waals surface area contributed by atoms with Gasteiger partial charge >= 0.3 is 5.63 Å². The summed E-state index contributed by atoms with van der Waals surface area (Å²) in [6, 6.07) is 17.4. The first-order valence-corrected chi connectivity index (χ1v) is 7.96. The van der Waals surface area contributed by atoms with Crippen LogP contribution in [0.4, 0.5) is 0 Å². The van der Waals surface area contributed by atoms with Crippen LogP contribution < -0.4 is 10.4 Å². The summed E-state index contributed by atoms with van der Waals surface area (Å²) >= 11 is 0. The maximum atomic E-state index is 12.7. The summed E-state index contributed by atoms with van der Waals surface area (Å²) in [5, 5.41) is 0.788. The average Bonchev–Trinajstić information content (AvgIpc) is 2.62. The number of hydrogen-bond donors (Lipinski definition) is 0. The highest BCUT2D eigenvalue weighted by Gasteiger charge is 2.41.